The Balaban J connectivity index is 1.85. The maximum atomic E-state index is 13.0. The fraction of sp³-hybridized carbons (Fsp3) is 0.158. The van der Waals surface area contributed by atoms with Crippen LogP contribution in [0.3, 0.4) is 0 Å². The minimum atomic E-state index is -0.222. The number of anilines is 1. The standard InChI is InChI=1S/C19H15ClN4O2S/c1-3-24-18(26)16(27-19(24)22-13-8-9-21-10-12(13)20)15-11-6-4-5-7-14(11)23(2)17(15)25/h4-10H,3H2,1-2H3/b16-15-,22-19?. The molecule has 0 N–H and O–H groups in total. The van der Waals surface area contributed by atoms with Gasteiger partial charge >= 0.3 is 0 Å². The number of aromatic nitrogens is 1. The van der Waals surface area contributed by atoms with Crippen LogP contribution in [0.5, 0.6) is 0 Å². The number of carbonyl (C=O) groups is 2. The van der Waals surface area contributed by atoms with Gasteiger partial charge in [-0.05, 0) is 30.8 Å². The molecule has 1 aromatic carbocycles. The van der Waals surface area contributed by atoms with Crippen LogP contribution in [0.15, 0.2) is 52.6 Å². The minimum absolute atomic E-state index is 0.189. The second-order valence-electron chi connectivity index (χ2n) is 5.96. The average Bonchev–Trinajstić information content (AvgIpc) is 3.11. The second-order valence-corrected chi connectivity index (χ2v) is 7.34. The molecule has 4 rings (SSSR count). The number of likely N-dealkylation sites (N-methyl/N-ethyl adjacent to an activating group) is 2. The molecule has 27 heavy (non-hydrogen) atoms. The quantitative estimate of drug-likeness (QED) is 0.723. The van der Waals surface area contributed by atoms with Crippen LogP contribution < -0.4 is 4.90 Å². The van der Waals surface area contributed by atoms with Gasteiger partial charge in [-0.15, -0.1) is 0 Å². The van der Waals surface area contributed by atoms with Crippen LogP contribution in [0.4, 0.5) is 11.4 Å². The number of thioether (sulfide) groups is 1. The third-order valence-electron chi connectivity index (χ3n) is 4.43. The Labute approximate surface area is 165 Å². The normalized spacial score (nSPS) is 20.8. The number of amides is 2. The van der Waals surface area contributed by atoms with Crippen molar-refractivity contribution in [3.05, 3.63) is 58.2 Å². The molecule has 1 aromatic heterocycles. The molecule has 0 radical (unpaired) electrons. The van der Waals surface area contributed by atoms with Gasteiger partial charge in [0.15, 0.2) is 5.17 Å². The molecule has 6 nitrogen and oxygen atoms in total. The van der Waals surface area contributed by atoms with E-state index in [1.807, 2.05) is 31.2 Å². The van der Waals surface area contributed by atoms with E-state index in [0.717, 1.165) is 11.3 Å². The number of nitrogens with zero attached hydrogens (tertiary/aromatic N) is 4. The molecule has 8 heteroatoms. The second kappa shape index (κ2) is 6.83. The molecule has 0 atom stereocenters. The van der Waals surface area contributed by atoms with Crippen LogP contribution in [-0.2, 0) is 9.59 Å². The van der Waals surface area contributed by atoms with Crippen LogP contribution >= 0.6 is 23.4 Å². The van der Waals surface area contributed by atoms with Crippen molar-refractivity contribution in [2.45, 2.75) is 6.92 Å². The summed E-state index contributed by atoms with van der Waals surface area (Å²) in [6.45, 7) is 2.31. The van der Waals surface area contributed by atoms with Crippen molar-refractivity contribution in [2.75, 3.05) is 18.5 Å². The van der Waals surface area contributed by atoms with Crippen molar-refractivity contribution >= 4 is 57.3 Å². The number of benzene rings is 1. The Morgan fingerprint density at radius 2 is 1.96 bits per heavy atom. The van der Waals surface area contributed by atoms with Crippen molar-refractivity contribution in [1.82, 2.24) is 9.88 Å². The number of hydrogen-bond donors (Lipinski definition) is 0. The number of halogens is 1. The van der Waals surface area contributed by atoms with Gasteiger partial charge in [0.2, 0.25) is 0 Å². The highest BCUT2D eigenvalue weighted by Crippen LogP contribution is 2.44. The summed E-state index contributed by atoms with van der Waals surface area (Å²) in [5.41, 5.74) is 2.51. The monoisotopic (exact) mass is 398 g/mol. The van der Waals surface area contributed by atoms with Crippen LogP contribution in [0, 0.1) is 0 Å². The van der Waals surface area contributed by atoms with Gasteiger partial charge in [0.1, 0.15) is 0 Å². The maximum Gasteiger partial charge on any atom is 0.267 e. The predicted molar refractivity (Wildman–Crippen MR) is 108 cm³/mol. The fourth-order valence-electron chi connectivity index (χ4n) is 3.07. The molecule has 1 fully saturated rings. The Hall–Kier alpha value is -2.64. The lowest BCUT2D eigenvalue weighted by Gasteiger charge is -2.12. The third kappa shape index (κ3) is 2.83. The molecule has 0 spiro atoms. The summed E-state index contributed by atoms with van der Waals surface area (Å²) in [4.78, 5) is 37.8. The highest BCUT2D eigenvalue weighted by Gasteiger charge is 2.41. The summed E-state index contributed by atoms with van der Waals surface area (Å²) in [5.74, 6) is -0.411. The number of amidine groups is 1. The largest absolute Gasteiger partial charge is 0.311 e. The van der Waals surface area contributed by atoms with Crippen molar-refractivity contribution in [3.63, 3.8) is 0 Å². The summed E-state index contributed by atoms with van der Waals surface area (Å²) < 4.78 is 0. The Bertz CT molecular complexity index is 1030. The zero-order chi connectivity index (χ0) is 19.1. The first-order valence-electron chi connectivity index (χ1n) is 8.32. The van der Waals surface area contributed by atoms with Gasteiger partial charge in [-0.2, -0.15) is 0 Å². The Morgan fingerprint density at radius 1 is 1.19 bits per heavy atom. The fourth-order valence-corrected chi connectivity index (χ4v) is 4.38. The number of pyridine rings is 1. The highest BCUT2D eigenvalue weighted by atomic mass is 35.5. The molecule has 0 aliphatic carbocycles. The summed E-state index contributed by atoms with van der Waals surface area (Å²) in [7, 11) is 1.71. The van der Waals surface area contributed by atoms with E-state index in [1.165, 1.54) is 18.0 Å². The van der Waals surface area contributed by atoms with E-state index in [4.69, 9.17) is 11.6 Å². The van der Waals surface area contributed by atoms with E-state index < -0.39 is 0 Å². The van der Waals surface area contributed by atoms with E-state index in [2.05, 4.69) is 9.98 Å². The van der Waals surface area contributed by atoms with Crippen molar-refractivity contribution < 1.29 is 9.59 Å². The summed E-state index contributed by atoms with van der Waals surface area (Å²) in [6.07, 6.45) is 3.10. The van der Waals surface area contributed by atoms with Crippen LogP contribution in [0.25, 0.3) is 5.57 Å². The smallest absolute Gasteiger partial charge is 0.267 e. The number of rotatable bonds is 2. The molecule has 1 saturated heterocycles. The molecule has 0 saturated carbocycles. The maximum absolute atomic E-state index is 13.0. The van der Waals surface area contributed by atoms with Crippen LogP contribution in [0.1, 0.15) is 12.5 Å². The first kappa shape index (κ1) is 17.8. The average molecular weight is 399 g/mol. The Kier molecular flexibility index (Phi) is 4.49. The molecule has 2 aliphatic rings. The van der Waals surface area contributed by atoms with Gasteiger partial charge in [-0.1, -0.05) is 29.8 Å². The molecular weight excluding hydrogens is 384 g/mol. The van der Waals surface area contributed by atoms with E-state index in [1.54, 1.807) is 29.1 Å². The molecule has 0 bridgehead atoms. The van der Waals surface area contributed by atoms with Crippen LogP contribution in [-0.4, -0.2) is 40.5 Å². The molecule has 0 unspecified atom stereocenters. The van der Waals surface area contributed by atoms with Crippen LogP contribution in [0.2, 0.25) is 5.02 Å². The van der Waals surface area contributed by atoms with Gasteiger partial charge in [-0.3, -0.25) is 19.5 Å². The number of hydrogen-bond acceptors (Lipinski definition) is 5. The zero-order valence-electron chi connectivity index (χ0n) is 14.6. The molecule has 136 valence electrons. The van der Waals surface area contributed by atoms with Crippen molar-refractivity contribution in [1.29, 1.82) is 0 Å². The molecule has 2 amide bonds. The van der Waals surface area contributed by atoms with Gasteiger partial charge < -0.3 is 4.90 Å². The lowest BCUT2D eigenvalue weighted by molar-refractivity contribution is -0.122. The van der Waals surface area contributed by atoms with Gasteiger partial charge in [0.05, 0.1) is 26.9 Å². The van der Waals surface area contributed by atoms with E-state index in [-0.39, 0.29) is 11.8 Å². The van der Waals surface area contributed by atoms with Gasteiger partial charge in [-0.25, -0.2) is 4.99 Å². The van der Waals surface area contributed by atoms with Gasteiger partial charge in [0, 0.05) is 31.5 Å². The number of carbonyl (C=O) groups excluding carboxylic acids is 2. The van der Waals surface area contributed by atoms with E-state index in [0.29, 0.717) is 32.9 Å². The first-order chi connectivity index (χ1) is 13.0. The predicted octanol–water partition coefficient (Wildman–Crippen LogP) is 3.71. The Morgan fingerprint density at radius 3 is 2.70 bits per heavy atom. The zero-order valence-corrected chi connectivity index (χ0v) is 16.2. The third-order valence-corrected chi connectivity index (χ3v) is 5.80. The SMILES string of the molecule is CCN1C(=O)/C(=C2/C(=O)N(C)c3ccccc32)SC1=Nc1ccncc1Cl. The van der Waals surface area contributed by atoms with Crippen molar-refractivity contribution in [3.8, 4) is 0 Å². The lowest BCUT2D eigenvalue weighted by Crippen LogP contribution is -2.29. The highest BCUT2D eigenvalue weighted by molar-refractivity contribution is 8.18. The van der Waals surface area contributed by atoms with Crippen molar-refractivity contribution in [2.24, 2.45) is 4.99 Å². The van der Waals surface area contributed by atoms with E-state index >= 15 is 0 Å². The molecule has 3 heterocycles. The van der Waals surface area contributed by atoms with Gasteiger partial charge in [0.25, 0.3) is 11.8 Å². The summed E-state index contributed by atoms with van der Waals surface area (Å²) in [5, 5.41) is 0.898. The minimum Gasteiger partial charge on any atom is -0.311 e. The lowest BCUT2D eigenvalue weighted by atomic mass is 10.1. The molecule has 2 aliphatic heterocycles. The summed E-state index contributed by atoms with van der Waals surface area (Å²) in [6, 6.07) is 9.14. The topological polar surface area (TPSA) is 65.9 Å². The summed E-state index contributed by atoms with van der Waals surface area (Å²) >= 11 is 7.35. The first-order valence-corrected chi connectivity index (χ1v) is 9.52. The molecular formula is C19H15ClN4O2S. The molecule has 2 aromatic rings. The number of fused-ring (bicyclic) bond motifs is 1. The van der Waals surface area contributed by atoms with E-state index in [9.17, 15) is 9.59 Å². The number of aliphatic imine (C=N–C) groups is 1. The number of para-hydroxylation sites is 1.